The molecule has 0 saturated heterocycles. The zero-order valence-corrected chi connectivity index (χ0v) is 17.0. The summed E-state index contributed by atoms with van der Waals surface area (Å²) in [6.07, 6.45) is 0.683. The fourth-order valence-corrected chi connectivity index (χ4v) is 3.19. The van der Waals surface area contributed by atoms with Crippen LogP contribution in [0.2, 0.25) is 0 Å². The number of fused-ring (bicyclic) bond motifs is 1. The predicted octanol–water partition coefficient (Wildman–Crippen LogP) is 4.22. The second-order valence-electron chi connectivity index (χ2n) is 7.20. The molecule has 0 amide bonds. The first kappa shape index (κ1) is 19.1. The van der Waals surface area contributed by atoms with Crippen molar-refractivity contribution in [3.63, 3.8) is 0 Å². The second-order valence-corrected chi connectivity index (χ2v) is 7.20. The lowest BCUT2D eigenvalue weighted by molar-refractivity contribution is 0.302. The normalized spacial score (nSPS) is 12.4. The van der Waals surface area contributed by atoms with E-state index in [4.69, 9.17) is 13.8 Å². The van der Waals surface area contributed by atoms with Crippen molar-refractivity contribution in [2.45, 2.75) is 39.8 Å². The summed E-state index contributed by atoms with van der Waals surface area (Å²) in [7, 11) is 1.91. The Kier molecular flexibility index (Phi) is 5.31. The zero-order valence-electron chi connectivity index (χ0n) is 17.0. The van der Waals surface area contributed by atoms with Crippen LogP contribution in [0.4, 0.5) is 0 Å². The molecule has 150 valence electrons. The van der Waals surface area contributed by atoms with Crippen LogP contribution < -0.4 is 10.1 Å². The van der Waals surface area contributed by atoms with Gasteiger partial charge in [0.05, 0.1) is 16.8 Å². The van der Waals surface area contributed by atoms with E-state index in [1.54, 1.807) is 0 Å². The van der Waals surface area contributed by atoms with E-state index >= 15 is 0 Å². The molecule has 0 aliphatic rings. The van der Waals surface area contributed by atoms with Crippen molar-refractivity contribution in [1.82, 2.24) is 20.6 Å². The number of ether oxygens (including phenoxy) is 1. The summed E-state index contributed by atoms with van der Waals surface area (Å²) in [6, 6.07) is 12.4. The Morgan fingerprint density at radius 1 is 1.07 bits per heavy atom. The summed E-state index contributed by atoms with van der Waals surface area (Å²) in [5, 5.41) is 13.5. The van der Waals surface area contributed by atoms with Gasteiger partial charge in [0.25, 0.3) is 5.89 Å². The summed E-state index contributed by atoms with van der Waals surface area (Å²) in [5.41, 5.74) is 2.54. The van der Waals surface area contributed by atoms with Crippen LogP contribution in [0.15, 0.2) is 45.4 Å². The number of rotatable bonds is 7. The van der Waals surface area contributed by atoms with E-state index in [0.717, 1.165) is 33.4 Å². The maximum Gasteiger partial charge on any atom is 0.261 e. The van der Waals surface area contributed by atoms with Gasteiger partial charge in [-0.2, -0.15) is 4.98 Å². The summed E-state index contributed by atoms with van der Waals surface area (Å²) < 4.78 is 17.0. The predicted molar refractivity (Wildman–Crippen MR) is 110 cm³/mol. The number of hydrogen-bond donors (Lipinski definition) is 1. The number of likely N-dealkylation sites (N-methyl/N-ethyl adjacent to an activating group) is 1. The van der Waals surface area contributed by atoms with Crippen molar-refractivity contribution < 1.29 is 13.8 Å². The molecule has 0 aliphatic carbocycles. The topological polar surface area (TPSA) is 86.2 Å². The third kappa shape index (κ3) is 4.00. The lowest BCUT2D eigenvalue weighted by Crippen LogP contribution is -2.24. The van der Waals surface area contributed by atoms with E-state index in [9.17, 15) is 0 Å². The molecule has 0 saturated carbocycles. The molecule has 7 heteroatoms. The lowest BCUT2D eigenvalue weighted by atomic mass is 10.1. The maximum absolute atomic E-state index is 6.18. The van der Waals surface area contributed by atoms with Gasteiger partial charge in [-0.15, -0.1) is 0 Å². The summed E-state index contributed by atoms with van der Waals surface area (Å²) >= 11 is 0. The largest absolute Gasteiger partial charge is 0.488 e. The molecule has 1 atom stereocenters. The van der Waals surface area contributed by atoms with Crippen molar-refractivity contribution in [1.29, 1.82) is 0 Å². The van der Waals surface area contributed by atoms with Crippen molar-refractivity contribution in [3.8, 4) is 17.2 Å². The molecule has 0 radical (unpaired) electrons. The molecule has 29 heavy (non-hydrogen) atoms. The van der Waals surface area contributed by atoms with Gasteiger partial charge >= 0.3 is 0 Å². The van der Waals surface area contributed by atoms with Crippen LogP contribution in [0, 0.1) is 13.8 Å². The van der Waals surface area contributed by atoms with Gasteiger partial charge in [-0.05, 0) is 50.7 Å². The summed E-state index contributed by atoms with van der Waals surface area (Å²) in [6.45, 7) is 6.21. The van der Waals surface area contributed by atoms with Crippen LogP contribution in [-0.4, -0.2) is 28.4 Å². The highest BCUT2D eigenvalue weighted by molar-refractivity contribution is 5.89. The van der Waals surface area contributed by atoms with Crippen LogP contribution in [0.3, 0.4) is 0 Å². The summed E-state index contributed by atoms with van der Waals surface area (Å²) in [5.74, 6) is 2.54. The highest BCUT2D eigenvalue weighted by atomic mass is 16.5. The fourth-order valence-electron chi connectivity index (χ4n) is 3.19. The van der Waals surface area contributed by atoms with Crippen molar-refractivity contribution in [2.75, 3.05) is 7.05 Å². The number of benzene rings is 2. The van der Waals surface area contributed by atoms with Gasteiger partial charge in [0, 0.05) is 12.5 Å². The molecule has 1 N–H and O–H groups in total. The molecule has 0 bridgehead atoms. The minimum Gasteiger partial charge on any atom is -0.488 e. The van der Waals surface area contributed by atoms with Gasteiger partial charge in [-0.3, -0.25) is 0 Å². The maximum atomic E-state index is 6.18. The van der Waals surface area contributed by atoms with Crippen LogP contribution in [0.25, 0.3) is 22.2 Å². The molecule has 4 aromatic rings. The quantitative estimate of drug-likeness (QED) is 0.504. The van der Waals surface area contributed by atoms with Gasteiger partial charge < -0.3 is 19.1 Å². The molecule has 4 rings (SSSR count). The highest BCUT2D eigenvalue weighted by Crippen LogP contribution is 2.34. The number of nitrogens with zero attached hydrogens (tertiary/aromatic N) is 3. The monoisotopic (exact) mass is 392 g/mol. The fraction of sp³-hybridized carbons (Fsp3) is 0.318. The average molecular weight is 392 g/mol. The van der Waals surface area contributed by atoms with Gasteiger partial charge in [-0.1, -0.05) is 34.6 Å². The molecule has 0 fully saturated rings. The molecule has 0 aliphatic heterocycles. The molecule has 2 aromatic heterocycles. The first-order valence-electron chi connectivity index (χ1n) is 9.62. The zero-order chi connectivity index (χ0) is 20.4. The molecule has 0 spiro atoms. The van der Waals surface area contributed by atoms with E-state index in [1.165, 1.54) is 0 Å². The van der Waals surface area contributed by atoms with E-state index in [-0.39, 0.29) is 6.04 Å². The Balaban J connectivity index is 1.70. The second kappa shape index (κ2) is 8.05. The van der Waals surface area contributed by atoms with E-state index in [0.29, 0.717) is 30.5 Å². The van der Waals surface area contributed by atoms with E-state index in [2.05, 4.69) is 39.7 Å². The molecule has 2 heterocycles. The first-order valence-corrected chi connectivity index (χ1v) is 9.62. The van der Waals surface area contributed by atoms with Crippen molar-refractivity contribution in [3.05, 3.63) is 59.2 Å². The highest BCUT2D eigenvalue weighted by Gasteiger charge is 2.18. The SMILES string of the molecule is CNC(C)Cc1noc(-c2cc3ccccc3cc2OCc2c(C)noc2C)n1. The molecule has 7 nitrogen and oxygen atoms in total. The standard InChI is InChI=1S/C22H24N4O3/c1-13(23-4)9-21-24-22(29-26-21)18-10-16-7-5-6-8-17(16)11-20(18)27-12-19-14(2)25-28-15(19)3/h5-8,10-11,13,23H,9,12H2,1-4H3. The van der Waals surface area contributed by atoms with Gasteiger partial charge in [0.2, 0.25) is 0 Å². The Morgan fingerprint density at radius 2 is 1.83 bits per heavy atom. The van der Waals surface area contributed by atoms with Crippen LogP contribution >= 0.6 is 0 Å². The van der Waals surface area contributed by atoms with Gasteiger partial charge in [0.15, 0.2) is 5.82 Å². The Morgan fingerprint density at radius 3 is 2.52 bits per heavy atom. The Hall–Kier alpha value is -3.19. The number of nitrogens with one attached hydrogen (secondary N) is 1. The number of aryl methyl sites for hydroxylation is 2. The lowest BCUT2D eigenvalue weighted by Gasteiger charge is -2.11. The minimum absolute atomic E-state index is 0.257. The van der Waals surface area contributed by atoms with E-state index in [1.807, 2.05) is 45.2 Å². The first-order chi connectivity index (χ1) is 14.0. The van der Waals surface area contributed by atoms with Gasteiger partial charge in [-0.25, -0.2) is 0 Å². The van der Waals surface area contributed by atoms with Crippen molar-refractivity contribution >= 4 is 10.8 Å². The van der Waals surface area contributed by atoms with Gasteiger partial charge in [0.1, 0.15) is 18.1 Å². The Bertz CT molecular complexity index is 1110. The number of aromatic nitrogens is 3. The van der Waals surface area contributed by atoms with Crippen LogP contribution in [0.1, 0.15) is 29.8 Å². The van der Waals surface area contributed by atoms with Crippen LogP contribution in [0.5, 0.6) is 5.75 Å². The molecular formula is C22H24N4O3. The smallest absolute Gasteiger partial charge is 0.261 e. The number of hydrogen-bond acceptors (Lipinski definition) is 7. The Labute approximate surface area is 169 Å². The molecule has 2 aromatic carbocycles. The molecule has 1 unspecified atom stereocenters. The average Bonchev–Trinajstić information content (AvgIpc) is 3.32. The molecular weight excluding hydrogens is 368 g/mol. The summed E-state index contributed by atoms with van der Waals surface area (Å²) in [4.78, 5) is 4.59. The van der Waals surface area contributed by atoms with Crippen LogP contribution in [-0.2, 0) is 13.0 Å². The minimum atomic E-state index is 0.257. The van der Waals surface area contributed by atoms with Crippen molar-refractivity contribution in [2.24, 2.45) is 0 Å². The third-order valence-electron chi connectivity index (χ3n) is 5.08. The third-order valence-corrected chi connectivity index (χ3v) is 5.08. The van der Waals surface area contributed by atoms with E-state index < -0.39 is 0 Å².